The van der Waals surface area contributed by atoms with Gasteiger partial charge in [-0.2, -0.15) is 8.42 Å². The molecular weight excluding hydrogens is 465 g/mol. The van der Waals surface area contributed by atoms with Crippen LogP contribution in [0, 0.1) is 10.1 Å². The number of nitro groups is 1. The molecule has 0 aliphatic heterocycles. The first kappa shape index (κ1) is 23.7. The second kappa shape index (κ2) is 11.5. The van der Waals surface area contributed by atoms with Crippen molar-refractivity contribution >= 4 is 52.8 Å². The third kappa shape index (κ3) is 8.48. The minimum atomic E-state index is -3.60. The average molecular weight is 486 g/mol. The van der Waals surface area contributed by atoms with Gasteiger partial charge in [0.2, 0.25) is 0 Å². The fraction of sp³-hybridized carbons (Fsp3) is 0.500. The summed E-state index contributed by atoms with van der Waals surface area (Å²) in [6.45, 7) is 0.963. The molecule has 0 saturated heterocycles. The summed E-state index contributed by atoms with van der Waals surface area (Å²) in [5.74, 6) is -0.501. The number of anilines is 1. The van der Waals surface area contributed by atoms with Crippen LogP contribution in [0.2, 0.25) is 0 Å². The summed E-state index contributed by atoms with van der Waals surface area (Å²) in [4.78, 5) is 24.7. The zero-order valence-corrected chi connectivity index (χ0v) is 18.1. The van der Waals surface area contributed by atoms with Crippen molar-refractivity contribution < 1.29 is 26.8 Å². The van der Waals surface area contributed by atoms with Crippen LogP contribution in [0.1, 0.15) is 10.4 Å². The van der Waals surface area contributed by atoms with E-state index in [9.17, 15) is 23.3 Å². The molecule has 1 amide bonds. The SMILES string of the molecule is CS(=O)(=O)OCCN(CCBr)c1ccc([N+](=O)[O-])cc1C(=O)NCCOP. The van der Waals surface area contributed by atoms with Gasteiger partial charge in [-0.25, -0.2) is 0 Å². The number of hydrogen-bond donors (Lipinski definition) is 1. The van der Waals surface area contributed by atoms with Gasteiger partial charge in [0.25, 0.3) is 21.7 Å². The molecule has 0 saturated carbocycles. The maximum absolute atomic E-state index is 12.5. The molecule has 1 atom stereocenters. The van der Waals surface area contributed by atoms with Crippen LogP contribution in [0.15, 0.2) is 18.2 Å². The van der Waals surface area contributed by atoms with E-state index in [1.165, 1.54) is 18.2 Å². The Balaban J connectivity index is 3.14. The van der Waals surface area contributed by atoms with Crippen molar-refractivity contribution in [2.75, 3.05) is 49.3 Å². The number of hydrogen-bond acceptors (Lipinski definition) is 8. The fourth-order valence-electron chi connectivity index (χ4n) is 2.17. The van der Waals surface area contributed by atoms with Gasteiger partial charge in [-0.05, 0) is 6.07 Å². The number of alkyl halides is 1. The van der Waals surface area contributed by atoms with E-state index in [0.29, 0.717) is 17.6 Å². The summed E-state index contributed by atoms with van der Waals surface area (Å²) in [5, 5.41) is 14.2. The molecule has 1 N–H and O–H groups in total. The molecule has 0 radical (unpaired) electrons. The molecule has 1 rings (SSSR count). The normalized spacial score (nSPS) is 11.2. The zero-order chi connectivity index (χ0) is 20.4. The molecular formula is C14H21BrN3O7PS. The number of nitrogens with one attached hydrogen (secondary N) is 1. The largest absolute Gasteiger partial charge is 0.368 e. The second-order valence-electron chi connectivity index (χ2n) is 5.29. The van der Waals surface area contributed by atoms with E-state index < -0.39 is 20.9 Å². The molecule has 0 aromatic heterocycles. The smallest absolute Gasteiger partial charge is 0.270 e. The van der Waals surface area contributed by atoms with Crippen molar-refractivity contribution in [3.05, 3.63) is 33.9 Å². The minimum Gasteiger partial charge on any atom is -0.368 e. The lowest BCUT2D eigenvalue weighted by atomic mass is 10.1. The van der Waals surface area contributed by atoms with Crippen molar-refractivity contribution in [2.45, 2.75) is 0 Å². The van der Waals surface area contributed by atoms with Crippen molar-refractivity contribution in [1.82, 2.24) is 5.32 Å². The lowest BCUT2D eigenvalue weighted by Crippen LogP contribution is -2.33. The van der Waals surface area contributed by atoms with E-state index in [2.05, 4.69) is 30.7 Å². The monoisotopic (exact) mass is 485 g/mol. The van der Waals surface area contributed by atoms with Crippen LogP contribution in [-0.4, -0.2) is 63.7 Å². The topological polar surface area (TPSA) is 128 Å². The van der Waals surface area contributed by atoms with Crippen LogP contribution in [0.4, 0.5) is 11.4 Å². The minimum absolute atomic E-state index is 0.105. The Morgan fingerprint density at radius 3 is 2.63 bits per heavy atom. The van der Waals surface area contributed by atoms with E-state index >= 15 is 0 Å². The number of nitro benzene ring substituents is 1. The number of halogens is 1. The number of amides is 1. The first-order chi connectivity index (χ1) is 12.7. The highest BCUT2D eigenvalue weighted by Gasteiger charge is 2.20. The highest BCUT2D eigenvalue weighted by atomic mass is 79.9. The van der Waals surface area contributed by atoms with Crippen molar-refractivity contribution in [1.29, 1.82) is 0 Å². The number of non-ortho nitro benzene ring substituents is 1. The van der Waals surface area contributed by atoms with Gasteiger partial charge in [0.05, 0.1) is 35.6 Å². The molecule has 0 aliphatic rings. The molecule has 0 fully saturated rings. The number of nitrogens with zero attached hydrogens (tertiary/aromatic N) is 2. The van der Waals surface area contributed by atoms with E-state index in [-0.39, 0.29) is 37.6 Å². The lowest BCUT2D eigenvalue weighted by Gasteiger charge is -2.25. The van der Waals surface area contributed by atoms with Gasteiger partial charge in [-0.1, -0.05) is 15.9 Å². The van der Waals surface area contributed by atoms with E-state index in [0.717, 1.165) is 6.26 Å². The Bertz CT molecular complexity index is 763. The third-order valence-corrected chi connectivity index (χ3v) is 4.48. The first-order valence-corrected chi connectivity index (χ1v) is 11.1. The summed E-state index contributed by atoms with van der Waals surface area (Å²) in [6, 6.07) is 3.93. The van der Waals surface area contributed by atoms with Gasteiger partial charge in [0, 0.05) is 46.6 Å². The van der Waals surface area contributed by atoms with Crippen molar-refractivity contribution in [3.8, 4) is 0 Å². The van der Waals surface area contributed by atoms with Crippen LogP contribution in [0.5, 0.6) is 0 Å². The maximum Gasteiger partial charge on any atom is 0.270 e. The van der Waals surface area contributed by atoms with Gasteiger partial charge in [-0.3, -0.25) is 19.1 Å². The quantitative estimate of drug-likeness (QED) is 0.117. The molecule has 1 aromatic carbocycles. The van der Waals surface area contributed by atoms with Crippen LogP contribution >= 0.6 is 25.4 Å². The first-order valence-electron chi connectivity index (χ1n) is 7.73. The Hall–Kier alpha value is -1.33. The summed E-state index contributed by atoms with van der Waals surface area (Å²) in [6.07, 6.45) is 0.945. The number of rotatable bonds is 12. The van der Waals surface area contributed by atoms with Crippen LogP contribution in [-0.2, 0) is 18.8 Å². The molecule has 1 aromatic rings. The highest BCUT2D eigenvalue weighted by molar-refractivity contribution is 9.09. The molecule has 10 nitrogen and oxygen atoms in total. The van der Waals surface area contributed by atoms with Crippen LogP contribution < -0.4 is 10.2 Å². The Morgan fingerprint density at radius 2 is 2.07 bits per heavy atom. The van der Waals surface area contributed by atoms with E-state index in [1.54, 1.807) is 4.90 Å². The lowest BCUT2D eigenvalue weighted by molar-refractivity contribution is -0.384. The average Bonchev–Trinajstić information content (AvgIpc) is 2.59. The number of benzene rings is 1. The van der Waals surface area contributed by atoms with E-state index in [1.807, 2.05) is 0 Å². The molecule has 0 aliphatic carbocycles. The van der Waals surface area contributed by atoms with Crippen molar-refractivity contribution in [3.63, 3.8) is 0 Å². The van der Waals surface area contributed by atoms with E-state index in [4.69, 9.17) is 8.71 Å². The van der Waals surface area contributed by atoms with Gasteiger partial charge >= 0.3 is 0 Å². The van der Waals surface area contributed by atoms with Gasteiger partial charge < -0.3 is 14.7 Å². The Morgan fingerprint density at radius 1 is 1.37 bits per heavy atom. The predicted octanol–water partition coefficient (Wildman–Crippen LogP) is 1.31. The molecule has 0 heterocycles. The molecule has 0 spiro atoms. The second-order valence-corrected chi connectivity index (χ2v) is 8.06. The standard InChI is InChI=1S/C14H21BrN3O7PS/c1-27(22,23)25-9-7-17(6-4-15)13-3-2-11(18(20)21)10-12(13)14(19)16-5-8-24-26/h2-3,10H,4-9,26H2,1H3,(H,16,19). The molecule has 152 valence electrons. The molecule has 13 heteroatoms. The van der Waals surface area contributed by atoms with Gasteiger partial charge in [0.1, 0.15) is 0 Å². The molecule has 0 bridgehead atoms. The van der Waals surface area contributed by atoms with Crippen LogP contribution in [0.3, 0.4) is 0 Å². The number of carbonyl (C=O) groups is 1. The Kier molecular flexibility index (Phi) is 10.1. The Labute approximate surface area is 168 Å². The third-order valence-electron chi connectivity index (χ3n) is 3.29. The summed E-state index contributed by atoms with van der Waals surface area (Å²) in [5.41, 5.74) is 0.312. The number of carbonyl (C=O) groups excluding carboxylic acids is 1. The fourth-order valence-corrected chi connectivity index (χ4v) is 3.09. The van der Waals surface area contributed by atoms with Crippen molar-refractivity contribution in [2.24, 2.45) is 0 Å². The predicted molar refractivity (Wildman–Crippen MR) is 108 cm³/mol. The highest BCUT2D eigenvalue weighted by Crippen LogP contribution is 2.26. The molecule has 1 unspecified atom stereocenters. The zero-order valence-electron chi connectivity index (χ0n) is 14.6. The van der Waals surface area contributed by atoms with Crippen LogP contribution in [0.25, 0.3) is 0 Å². The van der Waals surface area contributed by atoms with Gasteiger partial charge in [-0.15, -0.1) is 0 Å². The van der Waals surface area contributed by atoms with Gasteiger partial charge in [0.15, 0.2) is 0 Å². The summed E-state index contributed by atoms with van der Waals surface area (Å²) >= 11 is 3.30. The summed E-state index contributed by atoms with van der Waals surface area (Å²) in [7, 11) is -1.54. The summed E-state index contributed by atoms with van der Waals surface area (Å²) < 4.78 is 31.8. The maximum atomic E-state index is 12.5. The molecule has 27 heavy (non-hydrogen) atoms.